The summed E-state index contributed by atoms with van der Waals surface area (Å²) in [7, 11) is 0. The first-order chi connectivity index (χ1) is 15.2. The Kier molecular flexibility index (Phi) is 6.52. The van der Waals surface area contributed by atoms with E-state index < -0.39 is 6.10 Å². The summed E-state index contributed by atoms with van der Waals surface area (Å²) >= 11 is 0. The average Bonchev–Trinajstić information content (AvgIpc) is 3.31. The smallest absolute Gasteiger partial charge is 0.303 e. The van der Waals surface area contributed by atoms with Gasteiger partial charge in [0.2, 0.25) is 17.7 Å². The van der Waals surface area contributed by atoms with Gasteiger partial charge < -0.3 is 29.2 Å². The molecule has 1 amide bonds. The predicted octanol–water partition coefficient (Wildman–Crippen LogP) is 1.40. The van der Waals surface area contributed by atoms with Crippen LogP contribution in [0.3, 0.4) is 0 Å². The lowest BCUT2D eigenvalue weighted by molar-refractivity contribution is -0.151. The van der Waals surface area contributed by atoms with Crippen molar-refractivity contribution in [3.8, 4) is 5.88 Å². The Hall–Kier alpha value is -2.46. The van der Waals surface area contributed by atoms with Crippen LogP contribution in [-0.2, 0) is 23.8 Å². The third-order valence-electron chi connectivity index (χ3n) is 5.94. The molecule has 0 bridgehead atoms. The minimum absolute atomic E-state index is 0.185. The van der Waals surface area contributed by atoms with Crippen LogP contribution in [-0.4, -0.2) is 83.5 Å². The van der Waals surface area contributed by atoms with Crippen molar-refractivity contribution in [3.63, 3.8) is 0 Å². The zero-order chi connectivity index (χ0) is 22.9. The Morgan fingerprint density at radius 2 is 1.78 bits per heavy atom. The highest BCUT2D eigenvalue weighted by Crippen LogP contribution is 2.31. The zero-order valence-corrected chi connectivity index (χ0v) is 19.1. The summed E-state index contributed by atoms with van der Waals surface area (Å²) in [6.07, 6.45) is 1.93. The highest BCUT2D eigenvalue weighted by atomic mass is 16.7. The highest BCUT2D eigenvalue weighted by molar-refractivity contribution is 5.81. The van der Waals surface area contributed by atoms with Gasteiger partial charge in [0.05, 0.1) is 13.2 Å². The van der Waals surface area contributed by atoms with E-state index in [1.54, 1.807) is 12.3 Å². The molecule has 10 nitrogen and oxygen atoms in total. The number of nitrogens with one attached hydrogen (secondary N) is 1. The van der Waals surface area contributed by atoms with Crippen LogP contribution in [0.1, 0.15) is 40.5 Å². The van der Waals surface area contributed by atoms with E-state index in [1.807, 2.05) is 25.7 Å². The van der Waals surface area contributed by atoms with Crippen molar-refractivity contribution in [2.45, 2.75) is 71.0 Å². The van der Waals surface area contributed by atoms with E-state index >= 15 is 0 Å². The van der Waals surface area contributed by atoms with Crippen LogP contribution in [0.5, 0.6) is 5.88 Å². The lowest BCUT2D eigenvalue weighted by Crippen LogP contribution is -2.46. The molecule has 0 radical (unpaired) electrons. The SMILES string of the molecule is CC(=O)O[C@H]1CO[C@H]2[C@@H]1OC[C@@H]2Oc1ccnc(NC2CCN(C(=O)C(C)(C)C)CC2)n1. The number of carbonyl (C=O) groups is 2. The van der Waals surface area contributed by atoms with E-state index in [-0.39, 0.29) is 41.6 Å². The Bertz CT molecular complexity index is 836. The highest BCUT2D eigenvalue weighted by Gasteiger charge is 2.50. The quantitative estimate of drug-likeness (QED) is 0.668. The van der Waals surface area contributed by atoms with Crippen molar-refractivity contribution < 1.29 is 28.5 Å². The van der Waals surface area contributed by atoms with Gasteiger partial charge in [-0.25, -0.2) is 4.98 Å². The van der Waals surface area contributed by atoms with E-state index in [0.717, 1.165) is 12.8 Å². The molecular formula is C22H32N4O6. The molecule has 4 heterocycles. The first-order valence-corrected chi connectivity index (χ1v) is 11.2. The molecule has 0 saturated carbocycles. The second-order valence-corrected chi connectivity index (χ2v) is 9.58. The minimum atomic E-state index is -0.412. The Balaban J connectivity index is 1.30. The molecule has 4 atom stereocenters. The standard InChI is InChI=1S/C22H32N4O6/c1-13(27)31-15-11-29-19-16(12-30-18(15)19)32-17-5-8-23-21(25-17)24-14-6-9-26(10-7-14)20(28)22(2,3)4/h5,8,14-16,18-19H,6-7,9-12H2,1-4H3,(H,23,24,25)/t15-,16-,18+,19+/m0/s1. The lowest BCUT2D eigenvalue weighted by atomic mass is 9.93. The maximum Gasteiger partial charge on any atom is 0.303 e. The number of hydrogen-bond acceptors (Lipinski definition) is 9. The van der Waals surface area contributed by atoms with Crippen LogP contribution >= 0.6 is 0 Å². The summed E-state index contributed by atoms with van der Waals surface area (Å²) in [5.41, 5.74) is -0.362. The number of esters is 1. The minimum Gasteiger partial charge on any atom is -0.469 e. The van der Waals surface area contributed by atoms with Gasteiger partial charge in [-0.15, -0.1) is 0 Å². The van der Waals surface area contributed by atoms with Crippen molar-refractivity contribution in [2.75, 3.05) is 31.6 Å². The number of aromatic nitrogens is 2. The van der Waals surface area contributed by atoms with Crippen LogP contribution in [0.15, 0.2) is 12.3 Å². The van der Waals surface area contributed by atoms with Gasteiger partial charge in [-0.3, -0.25) is 9.59 Å². The van der Waals surface area contributed by atoms with Gasteiger partial charge in [0, 0.05) is 43.7 Å². The molecule has 4 rings (SSSR count). The first kappa shape index (κ1) is 22.7. The number of ether oxygens (including phenoxy) is 4. The van der Waals surface area contributed by atoms with Crippen LogP contribution in [0.4, 0.5) is 5.95 Å². The molecule has 32 heavy (non-hydrogen) atoms. The number of carbonyl (C=O) groups excluding carboxylic acids is 2. The molecule has 3 aliphatic rings. The van der Waals surface area contributed by atoms with E-state index in [1.165, 1.54) is 6.92 Å². The third-order valence-corrected chi connectivity index (χ3v) is 5.94. The summed E-state index contributed by atoms with van der Waals surface area (Å²) in [6, 6.07) is 1.89. The molecule has 1 N–H and O–H groups in total. The topological polar surface area (TPSA) is 112 Å². The maximum absolute atomic E-state index is 12.5. The van der Waals surface area contributed by atoms with Gasteiger partial charge >= 0.3 is 5.97 Å². The molecule has 1 aromatic heterocycles. The maximum atomic E-state index is 12.5. The summed E-state index contributed by atoms with van der Waals surface area (Å²) in [4.78, 5) is 34.4. The molecule has 0 unspecified atom stereocenters. The van der Waals surface area contributed by atoms with Crippen molar-refractivity contribution >= 4 is 17.8 Å². The van der Waals surface area contributed by atoms with Crippen molar-refractivity contribution in [2.24, 2.45) is 5.41 Å². The number of likely N-dealkylation sites (tertiary alicyclic amines) is 1. The fraction of sp³-hybridized carbons (Fsp3) is 0.727. The van der Waals surface area contributed by atoms with Crippen LogP contribution in [0.25, 0.3) is 0 Å². The van der Waals surface area contributed by atoms with Crippen molar-refractivity contribution in [3.05, 3.63) is 12.3 Å². The van der Waals surface area contributed by atoms with Crippen LogP contribution in [0, 0.1) is 5.41 Å². The Morgan fingerprint density at radius 1 is 1.12 bits per heavy atom. The molecule has 3 aliphatic heterocycles. The predicted molar refractivity (Wildman–Crippen MR) is 114 cm³/mol. The summed E-state index contributed by atoms with van der Waals surface area (Å²) < 4.78 is 22.8. The molecule has 3 fully saturated rings. The Morgan fingerprint density at radius 3 is 2.44 bits per heavy atom. The summed E-state index contributed by atoms with van der Waals surface area (Å²) in [6.45, 7) is 9.28. The molecule has 3 saturated heterocycles. The largest absolute Gasteiger partial charge is 0.469 e. The number of rotatable bonds is 5. The number of amides is 1. The molecule has 0 aliphatic carbocycles. The molecule has 1 aromatic rings. The summed E-state index contributed by atoms with van der Waals surface area (Å²) in [5, 5.41) is 3.36. The molecular weight excluding hydrogens is 416 g/mol. The van der Waals surface area contributed by atoms with Gasteiger partial charge in [-0.1, -0.05) is 20.8 Å². The molecule has 176 valence electrons. The first-order valence-electron chi connectivity index (χ1n) is 11.2. The normalized spacial score (nSPS) is 28.3. The second-order valence-electron chi connectivity index (χ2n) is 9.58. The van der Waals surface area contributed by atoms with Crippen molar-refractivity contribution in [1.82, 2.24) is 14.9 Å². The van der Waals surface area contributed by atoms with E-state index in [9.17, 15) is 9.59 Å². The number of piperidine rings is 1. The van der Waals surface area contributed by atoms with E-state index in [2.05, 4.69) is 15.3 Å². The monoisotopic (exact) mass is 448 g/mol. The Labute approximate surface area is 188 Å². The summed E-state index contributed by atoms with van der Waals surface area (Å²) in [5.74, 6) is 0.748. The lowest BCUT2D eigenvalue weighted by Gasteiger charge is -2.36. The van der Waals surface area contributed by atoms with Gasteiger partial charge in [-0.05, 0) is 12.8 Å². The second kappa shape index (κ2) is 9.19. The van der Waals surface area contributed by atoms with Crippen LogP contribution < -0.4 is 10.1 Å². The van der Waals surface area contributed by atoms with Gasteiger partial charge in [0.15, 0.2) is 12.2 Å². The number of fused-ring (bicyclic) bond motifs is 1. The average molecular weight is 449 g/mol. The fourth-order valence-corrected chi connectivity index (χ4v) is 4.36. The van der Waals surface area contributed by atoms with Gasteiger partial charge in [0.1, 0.15) is 12.2 Å². The van der Waals surface area contributed by atoms with Crippen LogP contribution in [0.2, 0.25) is 0 Å². The molecule has 0 aromatic carbocycles. The third kappa shape index (κ3) is 5.12. The fourth-order valence-electron chi connectivity index (χ4n) is 4.36. The van der Waals surface area contributed by atoms with E-state index in [4.69, 9.17) is 18.9 Å². The molecule has 0 spiro atoms. The number of nitrogens with zero attached hydrogens (tertiary/aromatic N) is 3. The van der Waals surface area contributed by atoms with Gasteiger partial charge in [0.25, 0.3) is 0 Å². The number of hydrogen-bond donors (Lipinski definition) is 1. The van der Waals surface area contributed by atoms with Gasteiger partial charge in [-0.2, -0.15) is 4.98 Å². The molecule has 10 heteroatoms. The number of anilines is 1. The van der Waals surface area contributed by atoms with E-state index in [0.29, 0.717) is 38.1 Å². The zero-order valence-electron chi connectivity index (χ0n) is 19.1. The van der Waals surface area contributed by atoms with Crippen molar-refractivity contribution in [1.29, 1.82) is 0 Å².